The van der Waals surface area contributed by atoms with E-state index in [1.165, 1.54) is 0 Å². The standard InChI is InChI=1S/C19H17ClN2O/c1-15(9-5-6-12-16-10-3-2-4-11-16)21-22-19(23)17-13-7-8-14-18(17)20/h2-14H,1H3,(H,22,23)/b9-5+,12-6+,21-15+. The number of hydrogen-bond acceptors (Lipinski definition) is 2. The first kappa shape index (κ1) is 16.7. The molecule has 1 amide bonds. The van der Waals surface area contributed by atoms with Gasteiger partial charge >= 0.3 is 0 Å². The van der Waals surface area contributed by atoms with Crippen molar-refractivity contribution in [2.75, 3.05) is 0 Å². The second kappa shape index (κ2) is 8.71. The molecule has 0 unspecified atom stereocenters. The van der Waals surface area contributed by atoms with Crippen molar-refractivity contribution in [3.8, 4) is 0 Å². The number of amides is 1. The van der Waals surface area contributed by atoms with Crippen LogP contribution >= 0.6 is 11.6 Å². The van der Waals surface area contributed by atoms with Crippen molar-refractivity contribution >= 4 is 29.3 Å². The molecule has 1 N–H and O–H groups in total. The van der Waals surface area contributed by atoms with Gasteiger partial charge in [-0.2, -0.15) is 5.10 Å². The first-order chi connectivity index (χ1) is 11.2. The Bertz CT molecular complexity index is 749. The highest BCUT2D eigenvalue weighted by atomic mass is 35.5. The van der Waals surface area contributed by atoms with Crippen molar-refractivity contribution in [2.45, 2.75) is 6.92 Å². The molecule has 0 aliphatic rings. The molecule has 2 aromatic carbocycles. The van der Waals surface area contributed by atoms with E-state index in [0.29, 0.717) is 16.3 Å². The third-order valence-electron chi connectivity index (χ3n) is 2.99. The van der Waals surface area contributed by atoms with Crippen molar-refractivity contribution in [1.29, 1.82) is 0 Å². The van der Waals surface area contributed by atoms with Crippen molar-refractivity contribution in [1.82, 2.24) is 5.43 Å². The van der Waals surface area contributed by atoms with Gasteiger partial charge in [-0.15, -0.1) is 0 Å². The van der Waals surface area contributed by atoms with Crippen LogP contribution in [0, 0.1) is 0 Å². The molecule has 4 heteroatoms. The molecule has 0 fully saturated rings. The van der Waals surface area contributed by atoms with Crippen molar-refractivity contribution < 1.29 is 4.79 Å². The minimum Gasteiger partial charge on any atom is -0.267 e. The smallest absolute Gasteiger partial charge is 0.267 e. The van der Waals surface area contributed by atoms with Gasteiger partial charge < -0.3 is 0 Å². The minimum absolute atomic E-state index is 0.330. The topological polar surface area (TPSA) is 41.5 Å². The summed E-state index contributed by atoms with van der Waals surface area (Å²) in [5, 5.41) is 4.43. The lowest BCUT2D eigenvalue weighted by molar-refractivity contribution is 0.0955. The highest BCUT2D eigenvalue weighted by Gasteiger charge is 2.07. The number of halogens is 1. The van der Waals surface area contributed by atoms with Gasteiger partial charge in [-0.1, -0.05) is 72.3 Å². The molecule has 3 nitrogen and oxygen atoms in total. The van der Waals surface area contributed by atoms with Gasteiger partial charge in [0.2, 0.25) is 0 Å². The average molecular weight is 325 g/mol. The number of nitrogens with zero attached hydrogens (tertiary/aromatic N) is 1. The maximum atomic E-state index is 11.9. The van der Waals surface area contributed by atoms with E-state index in [1.807, 2.05) is 54.6 Å². The molecular weight excluding hydrogens is 308 g/mol. The van der Waals surface area contributed by atoms with Gasteiger partial charge in [0.1, 0.15) is 0 Å². The summed E-state index contributed by atoms with van der Waals surface area (Å²) in [6, 6.07) is 16.8. The van der Waals surface area contributed by atoms with Crippen LogP contribution in [0.1, 0.15) is 22.8 Å². The summed E-state index contributed by atoms with van der Waals surface area (Å²) in [6.45, 7) is 1.81. The molecule has 0 atom stereocenters. The lowest BCUT2D eigenvalue weighted by Gasteiger charge is -2.02. The Kier molecular flexibility index (Phi) is 6.33. The second-order valence-corrected chi connectivity index (χ2v) is 5.21. The van der Waals surface area contributed by atoms with E-state index in [4.69, 9.17) is 11.6 Å². The molecule has 2 aromatic rings. The highest BCUT2D eigenvalue weighted by molar-refractivity contribution is 6.33. The van der Waals surface area contributed by atoms with Crippen LogP contribution in [0.3, 0.4) is 0 Å². The first-order valence-corrected chi connectivity index (χ1v) is 7.53. The number of hydrogen-bond donors (Lipinski definition) is 1. The minimum atomic E-state index is -0.330. The molecule has 0 aromatic heterocycles. The number of hydrazone groups is 1. The van der Waals surface area contributed by atoms with Gasteiger partial charge in [-0.05, 0) is 30.7 Å². The Hall–Kier alpha value is -2.65. The van der Waals surface area contributed by atoms with Crippen molar-refractivity contribution in [3.05, 3.63) is 89.0 Å². The van der Waals surface area contributed by atoms with Crippen molar-refractivity contribution in [3.63, 3.8) is 0 Å². The fourth-order valence-corrected chi connectivity index (χ4v) is 2.03. The average Bonchev–Trinajstić information content (AvgIpc) is 2.58. The van der Waals surface area contributed by atoms with Gasteiger partial charge in [-0.3, -0.25) is 4.79 Å². The fraction of sp³-hybridized carbons (Fsp3) is 0.0526. The summed E-state index contributed by atoms with van der Waals surface area (Å²) in [5.41, 5.74) is 4.70. The van der Waals surface area contributed by atoms with Crippen LogP contribution in [0.2, 0.25) is 5.02 Å². The Morgan fingerprint density at radius 1 is 1.04 bits per heavy atom. The van der Waals surface area contributed by atoms with Gasteiger partial charge in [0.05, 0.1) is 16.3 Å². The number of carbonyl (C=O) groups excluding carboxylic acids is 1. The van der Waals surface area contributed by atoms with Gasteiger partial charge in [0, 0.05) is 0 Å². The number of allylic oxidation sites excluding steroid dienone is 3. The molecule has 0 aliphatic carbocycles. The van der Waals surface area contributed by atoms with Crippen LogP contribution in [0.15, 0.2) is 77.9 Å². The Balaban J connectivity index is 1.90. The largest absolute Gasteiger partial charge is 0.272 e. The molecule has 23 heavy (non-hydrogen) atoms. The molecule has 0 aliphatic heterocycles. The SMILES string of the molecule is CC(/C=C/C=C/c1ccccc1)=N\NC(=O)c1ccccc1Cl. The Morgan fingerprint density at radius 2 is 1.74 bits per heavy atom. The highest BCUT2D eigenvalue weighted by Crippen LogP contribution is 2.14. The van der Waals surface area contributed by atoms with E-state index in [2.05, 4.69) is 10.5 Å². The van der Waals surface area contributed by atoms with E-state index >= 15 is 0 Å². The van der Waals surface area contributed by atoms with E-state index in [0.717, 1.165) is 5.56 Å². The maximum Gasteiger partial charge on any atom is 0.272 e. The number of carbonyl (C=O) groups is 1. The molecule has 0 saturated carbocycles. The lowest BCUT2D eigenvalue weighted by atomic mass is 10.2. The molecule has 2 rings (SSSR count). The van der Waals surface area contributed by atoms with E-state index in [9.17, 15) is 4.79 Å². The summed E-state index contributed by atoms with van der Waals surface area (Å²) in [7, 11) is 0. The predicted molar refractivity (Wildman–Crippen MR) is 96.6 cm³/mol. The van der Waals surface area contributed by atoms with E-state index in [-0.39, 0.29) is 5.91 Å². The molecule has 0 bridgehead atoms. The van der Waals surface area contributed by atoms with Crippen LogP contribution in [-0.2, 0) is 0 Å². The maximum absolute atomic E-state index is 11.9. The molecule has 0 heterocycles. The van der Waals surface area contributed by atoms with Crippen LogP contribution in [0.5, 0.6) is 0 Å². The Labute approximate surface area is 141 Å². The number of rotatable bonds is 5. The third-order valence-corrected chi connectivity index (χ3v) is 3.32. The van der Waals surface area contributed by atoms with Crippen LogP contribution in [0.4, 0.5) is 0 Å². The Morgan fingerprint density at radius 3 is 2.48 bits per heavy atom. The van der Waals surface area contributed by atoms with Crippen LogP contribution in [-0.4, -0.2) is 11.6 Å². The van der Waals surface area contributed by atoms with Crippen LogP contribution in [0.25, 0.3) is 6.08 Å². The van der Waals surface area contributed by atoms with E-state index in [1.54, 1.807) is 31.2 Å². The molecule has 0 radical (unpaired) electrons. The zero-order valence-corrected chi connectivity index (χ0v) is 13.5. The second-order valence-electron chi connectivity index (χ2n) is 4.80. The fourth-order valence-electron chi connectivity index (χ4n) is 1.81. The lowest BCUT2D eigenvalue weighted by Crippen LogP contribution is -2.19. The quantitative estimate of drug-likeness (QED) is 0.483. The third kappa shape index (κ3) is 5.57. The summed E-state index contributed by atoms with van der Waals surface area (Å²) in [6.07, 6.45) is 7.59. The monoisotopic (exact) mass is 324 g/mol. The van der Waals surface area contributed by atoms with Gasteiger partial charge in [0.25, 0.3) is 5.91 Å². The zero-order valence-electron chi connectivity index (χ0n) is 12.7. The van der Waals surface area contributed by atoms with Crippen LogP contribution < -0.4 is 5.43 Å². The molecule has 116 valence electrons. The zero-order chi connectivity index (χ0) is 16.5. The van der Waals surface area contributed by atoms with Gasteiger partial charge in [-0.25, -0.2) is 5.43 Å². The first-order valence-electron chi connectivity index (χ1n) is 7.16. The number of benzene rings is 2. The normalized spacial score (nSPS) is 12.0. The predicted octanol–water partition coefficient (Wildman–Crippen LogP) is 4.72. The summed E-state index contributed by atoms with van der Waals surface area (Å²) in [5.74, 6) is -0.330. The van der Waals surface area contributed by atoms with E-state index < -0.39 is 0 Å². The van der Waals surface area contributed by atoms with Gasteiger partial charge in [0.15, 0.2) is 0 Å². The van der Waals surface area contributed by atoms with Crippen molar-refractivity contribution in [2.24, 2.45) is 5.10 Å². The number of nitrogens with one attached hydrogen (secondary N) is 1. The summed E-state index contributed by atoms with van der Waals surface area (Å²) >= 11 is 5.96. The summed E-state index contributed by atoms with van der Waals surface area (Å²) < 4.78 is 0. The summed E-state index contributed by atoms with van der Waals surface area (Å²) in [4.78, 5) is 11.9. The molecule has 0 saturated heterocycles. The molecular formula is C19H17ClN2O. The molecule has 0 spiro atoms.